The average molecular weight is 701 g/mol. The maximum atomic E-state index is 14.3. The molecule has 3 aromatic carbocycles. The van der Waals surface area contributed by atoms with Crippen molar-refractivity contribution >= 4 is 62.3 Å². The van der Waals surface area contributed by atoms with E-state index in [0.29, 0.717) is 29.3 Å². The summed E-state index contributed by atoms with van der Waals surface area (Å²) in [6.45, 7) is 3.33. The second-order valence-corrected chi connectivity index (χ2v) is 12.9. The summed E-state index contributed by atoms with van der Waals surface area (Å²) in [7, 11) is -0.289. The first kappa shape index (κ1) is 36.1. The van der Waals surface area contributed by atoms with Gasteiger partial charge in [0.2, 0.25) is 11.8 Å². The van der Waals surface area contributed by atoms with E-state index in [4.69, 9.17) is 49.0 Å². The number of ether oxygens (including phenoxy) is 3. The molecule has 1 atom stereocenters. The van der Waals surface area contributed by atoms with Crippen LogP contribution >= 0.6 is 34.8 Å². The van der Waals surface area contributed by atoms with Crippen LogP contribution in [0.3, 0.4) is 0 Å². The van der Waals surface area contributed by atoms with Crippen LogP contribution in [0.5, 0.6) is 17.2 Å². The molecule has 0 bridgehead atoms. The van der Waals surface area contributed by atoms with Gasteiger partial charge in [-0.3, -0.25) is 13.9 Å². The lowest BCUT2D eigenvalue weighted by molar-refractivity contribution is -0.140. The minimum Gasteiger partial charge on any atom is -0.495 e. The molecule has 45 heavy (non-hydrogen) atoms. The van der Waals surface area contributed by atoms with Crippen molar-refractivity contribution in [3.05, 3.63) is 75.2 Å². The number of benzene rings is 3. The fraction of sp³-hybridized carbons (Fsp3) is 0.355. The zero-order valence-electron chi connectivity index (χ0n) is 25.6. The van der Waals surface area contributed by atoms with Gasteiger partial charge < -0.3 is 24.4 Å². The summed E-state index contributed by atoms with van der Waals surface area (Å²) in [5, 5.41) is 3.65. The number of hydrogen-bond donors (Lipinski definition) is 1. The van der Waals surface area contributed by atoms with Crippen LogP contribution < -0.4 is 23.8 Å². The minimum atomic E-state index is -4.47. The number of carbonyl (C=O) groups is 2. The molecule has 0 saturated carbocycles. The Balaban J connectivity index is 2.18. The van der Waals surface area contributed by atoms with E-state index in [9.17, 15) is 18.0 Å². The van der Waals surface area contributed by atoms with Crippen molar-refractivity contribution < 1.29 is 32.2 Å². The first-order chi connectivity index (χ1) is 21.4. The van der Waals surface area contributed by atoms with Crippen LogP contribution in [-0.2, 0) is 26.2 Å². The van der Waals surface area contributed by atoms with E-state index >= 15 is 0 Å². The molecule has 2 amide bonds. The fourth-order valence-corrected chi connectivity index (χ4v) is 6.52. The van der Waals surface area contributed by atoms with Gasteiger partial charge in [-0.2, -0.15) is 0 Å². The van der Waals surface area contributed by atoms with Crippen LogP contribution in [0.2, 0.25) is 15.1 Å². The van der Waals surface area contributed by atoms with Gasteiger partial charge in [0.1, 0.15) is 18.3 Å². The molecule has 10 nitrogen and oxygen atoms in total. The SMILES string of the molecule is CCCNC(=O)[C@@H](CC)N(Cc1ccc(Cl)c(Cl)c1)C(=O)CN(c1cc(Cl)ccc1OC)S(=O)(=O)c1ccc(OC)c(OC)c1. The summed E-state index contributed by atoms with van der Waals surface area (Å²) in [6.07, 6.45) is 0.945. The maximum Gasteiger partial charge on any atom is 0.265 e. The normalized spacial score (nSPS) is 11.8. The summed E-state index contributed by atoms with van der Waals surface area (Å²) < 4.78 is 45.7. The van der Waals surface area contributed by atoms with Gasteiger partial charge >= 0.3 is 0 Å². The standard InChI is InChI=1S/C31H36Cl3N3O7S/c1-6-14-35-31(39)25(7-2)36(18-20-8-11-23(33)24(34)15-20)30(38)19-37(26-16-21(32)9-12-27(26)42-3)45(40,41)22-10-13-28(43-4)29(17-22)44-5/h8-13,15-17,25H,6-7,14,18-19H2,1-5H3,(H,35,39)/t25-/m1/s1. The number of rotatable bonds is 15. The van der Waals surface area contributed by atoms with E-state index in [2.05, 4.69) is 5.32 Å². The molecule has 0 saturated heterocycles. The van der Waals surface area contributed by atoms with E-state index in [0.717, 1.165) is 4.31 Å². The number of nitrogens with zero attached hydrogens (tertiary/aromatic N) is 2. The molecule has 14 heteroatoms. The van der Waals surface area contributed by atoms with Gasteiger partial charge in [0.15, 0.2) is 11.5 Å². The van der Waals surface area contributed by atoms with Crippen LogP contribution in [0.1, 0.15) is 32.3 Å². The van der Waals surface area contributed by atoms with Crippen LogP contribution in [0.4, 0.5) is 5.69 Å². The first-order valence-electron chi connectivity index (χ1n) is 14.0. The van der Waals surface area contributed by atoms with Gasteiger partial charge in [-0.1, -0.05) is 54.7 Å². The summed E-state index contributed by atoms with van der Waals surface area (Å²) >= 11 is 18.7. The van der Waals surface area contributed by atoms with E-state index in [1.807, 2.05) is 6.92 Å². The van der Waals surface area contributed by atoms with Crippen LogP contribution in [0, 0.1) is 0 Å². The summed E-state index contributed by atoms with van der Waals surface area (Å²) in [4.78, 5) is 28.8. The van der Waals surface area contributed by atoms with Gasteiger partial charge in [0, 0.05) is 24.2 Å². The lowest BCUT2D eigenvalue weighted by Crippen LogP contribution is -2.52. The largest absolute Gasteiger partial charge is 0.495 e. The Labute approximate surface area is 279 Å². The van der Waals surface area contributed by atoms with Crippen LogP contribution in [0.25, 0.3) is 0 Å². The maximum absolute atomic E-state index is 14.3. The smallest absolute Gasteiger partial charge is 0.265 e. The van der Waals surface area contributed by atoms with E-state index < -0.39 is 28.5 Å². The first-order valence-corrected chi connectivity index (χ1v) is 16.6. The Morgan fingerprint density at radius 3 is 2.11 bits per heavy atom. The van der Waals surface area contributed by atoms with E-state index in [1.165, 1.54) is 62.6 Å². The van der Waals surface area contributed by atoms with Gasteiger partial charge in [-0.25, -0.2) is 8.42 Å². The Morgan fingerprint density at radius 1 is 0.844 bits per heavy atom. The Morgan fingerprint density at radius 2 is 1.51 bits per heavy atom. The third-order valence-electron chi connectivity index (χ3n) is 6.90. The Bertz CT molecular complexity index is 1620. The van der Waals surface area contributed by atoms with Gasteiger partial charge in [-0.05, 0) is 60.9 Å². The number of nitrogens with one attached hydrogen (secondary N) is 1. The molecule has 0 heterocycles. The number of halogens is 3. The van der Waals surface area contributed by atoms with Crippen LogP contribution in [-0.4, -0.2) is 65.6 Å². The molecule has 0 aliphatic heterocycles. The molecule has 0 spiro atoms. The van der Waals surface area contributed by atoms with Crippen molar-refractivity contribution in [2.24, 2.45) is 0 Å². The number of anilines is 1. The van der Waals surface area contributed by atoms with E-state index in [1.54, 1.807) is 25.1 Å². The highest BCUT2D eigenvalue weighted by Gasteiger charge is 2.35. The molecular formula is C31H36Cl3N3O7S. The van der Waals surface area contributed by atoms with Crippen molar-refractivity contribution in [3.8, 4) is 17.2 Å². The number of carbonyl (C=O) groups excluding carboxylic acids is 2. The Hall–Kier alpha value is -3.38. The van der Waals surface area contributed by atoms with Crippen molar-refractivity contribution in [3.63, 3.8) is 0 Å². The molecule has 1 N–H and O–H groups in total. The summed E-state index contributed by atoms with van der Waals surface area (Å²) in [5.41, 5.74) is 0.611. The second kappa shape index (κ2) is 16.3. The van der Waals surface area contributed by atoms with Crippen molar-refractivity contribution in [1.29, 1.82) is 0 Å². The van der Waals surface area contributed by atoms with E-state index in [-0.39, 0.29) is 51.0 Å². The molecule has 0 aromatic heterocycles. The van der Waals surface area contributed by atoms with Gasteiger partial charge in [0.25, 0.3) is 10.0 Å². The quantitative estimate of drug-likeness (QED) is 0.201. The van der Waals surface area contributed by atoms with Crippen molar-refractivity contribution in [2.45, 2.75) is 44.2 Å². The molecule has 3 rings (SSSR count). The number of methoxy groups -OCH3 is 3. The summed E-state index contributed by atoms with van der Waals surface area (Å²) in [5.74, 6) is -0.396. The minimum absolute atomic E-state index is 0.0195. The lowest BCUT2D eigenvalue weighted by Gasteiger charge is -2.33. The molecule has 0 radical (unpaired) electrons. The molecule has 0 fully saturated rings. The zero-order valence-corrected chi connectivity index (χ0v) is 28.7. The third-order valence-corrected chi connectivity index (χ3v) is 9.63. The average Bonchev–Trinajstić information content (AvgIpc) is 3.03. The number of sulfonamides is 1. The zero-order chi connectivity index (χ0) is 33.3. The molecule has 0 aliphatic carbocycles. The predicted octanol–water partition coefficient (Wildman–Crippen LogP) is 6.20. The van der Waals surface area contributed by atoms with Gasteiger partial charge in [-0.15, -0.1) is 0 Å². The molecule has 244 valence electrons. The topological polar surface area (TPSA) is 114 Å². The lowest BCUT2D eigenvalue weighted by atomic mass is 10.1. The van der Waals surface area contributed by atoms with Gasteiger partial charge in [0.05, 0.1) is 42.0 Å². The molecule has 0 unspecified atom stereocenters. The number of amides is 2. The highest BCUT2D eigenvalue weighted by molar-refractivity contribution is 7.92. The van der Waals surface area contributed by atoms with Crippen molar-refractivity contribution in [2.75, 3.05) is 38.7 Å². The monoisotopic (exact) mass is 699 g/mol. The highest BCUT2D eigenvalue weighted by Crippen LogP contribution is 2.37. The molecular weight excluding hydrogens is 665 g/mol. The van der Waals surface area contributed by atoms with Crippen LogP contribution in [0.15, 0.2) is 59.5 Å². The second-order valence-electron chi connectivity index (χ2n) is 9.83. The number of hydrogen-bond acceptors (Lipinski definition) is 7. The molecule has 0 aliphatic rings. The third kappa shape index (κ3) is 8.66. The summed E-state index contributed by atoms with van der Waals surface area (Å²) in [6, 6.07) is 12.4. The Kier molecular flexibility index (Phi) is 13.0. The predicted molar refractivity (Wildman–Crippen MR) is 176 cm³/mol. The molecule has 3 aromatic rings. The highest BCUT2D eigenvalue weighted by atomic mass is 35.5. The fourth-order valence-electron chi connectivity index (χ4n) is 4.60. The van der Waals surface area contributed by atoms with Crippen molar-refractivity contribution in [1.82, 2.24) is 10.2 Å².